The van der Waals surface area contributed by atoms with Crippen molar-refractivity contribution in [2.24, 2.45) is 0 Å². The smallest absolute Gasteiger partial charge is 0.0408 e. The summed E-state index contributed by atoms with van der Waals surface area (Å²) in [6, 6.07) is 8.18. The molecule has 0 saturated carbocycles. The number of hydrogen-bond acceptors (Lipinski definition) is 2. The van der Waals surface area contributed by atoms with Crippen molar-refractivity contribution < 1.29 is 0 Å². The molecule has 1 aromatic carbocycles. The van der Waals surface area contributed by atoms with E-state index >= 15 is 0 Å². The van der Waals surface area contributed by atoms with Crippen molar-refractivity contribution in [1.29, 1.82) is 0 Å². The number of rotatable bonds is 3. The molecule has 3 heteroatoms. The van der Waals surface area contributed by atoms with E-state index in [-0.39, 0.29) is 5.54 Å². The Balaban J connectivity index is 2.13. The molecular formula is C13H19ClN2. The summed E-state index contributed by atoms with van der Waals surface area (Å²) >= 11 is 6.02. The third-order valence-electron chi connectivity index (χ3n) is 3.51. The van der Waals surface area contributed by atoms with Crippen molar-refractivity contribution in [3.63, 3.8) is 0 Å². The zero-order valence-corrected chi connectivity index (χ0v) is 10.7. The van der Waals surface area contributed by atoms with Crippen LogP contribution in [0.4, 0.5) is 0 Å². The summed E-state index contributed by atoms with van der Waals surface area (Å²) in [5.41, 5.74) is 1.54. The van der Waals surface area contributed by atoms with Gasteiger partial charge in [0, 0.05) is 17.1 Å². The molecule has 16 heavy (non-hydrogen) atoms. The lowest BCUT2D eigenvalue weighted by Crippen LogP contribution is -2.47. The minimum atomic E-state index is 0.222. The summed E-state index contributed by atoms with van der Waals surface area (Å²) in [7, 11) is 4.24. The molecule has 1 fully saturated rings. The second kappa shape index (κ2) is 4.74. The van der Waals surface area contributed by atoms with E-state index in [1.54, 1.807) is 0 Å². The molecule has 1 aliphatic heterocycles. The van der Waals surface area contributed by atoms with Crippen LogP contribution >= 0.6 is 11.6 Å². The van der Waals surface area contributed by atoms with Crippen LogP contribution in [-0.2, 0) is 6.42 Å². The van der Waals surface area contributed by atoms with Crippen LogP contribution in [-0.4, -0.2) is 37.6 Å². The molecule has 0 bridgehead atoms. The van der Waals surface area contributed by atoms with E-state index in [4.69, 9.17) is 11.6 Å². The van der Waals surface area contributed by atoms with Gasteiger partial charge in [0.25, 0.3) is 0 Å². The van der Waals surface area contributed by atoms with Gasteiger partial charge in [0.05, 0.1) is 0 Å². The topological polar surface area (TPSA) is 15.3 Å². The molecule has 1 heterocycles. The number of halogens is 1. The molecule has 1 N–H and O–H groups in total. The van der Waals surface area contributed by atoms with Crippen molar-refractivity contribution in [2.45, 2.75) is 18.4 Å². The highest BCUT2D eigenvalue weighted by Crippen LogP contribution is 2.25. The Morgan fingerprint density at radius 2 is 2.31 bits per heavy atom. The molecule has 1 aliphatic rings. The maximum atomic E-state index is 6.02. The van der Waals surface area contributed by atoms with Crippen LogP contribution in [0.2, 0.25) is 5.02 Å². The lowest BCUT2D eigenvalue weighted by molar-refractivity contribution is 0.326. The van der Waals surface area contributed by atoms with Crippen LogP contribution in [0.3, 0.4) is 0 Å². The molecule has 2 rings (SSSR count). The minimum Gasteiger partial charge on any atom is -0.313 e. The molecule has 1 atom stereocenters. The van der Waals surface area contributed by atoms with Crippen LogP contribution in [0.5, 0.6) is 0 Å². The van der Waals surface area contributed by atoms with Gasteiger partial charge in [0.2, 0.25) is 0 Å². The maximum Gasteiger partial charge on any atom is 0.0408 e. The lowest BCUT2D eigenvalue weighted by Gasteiger charge is -2.29. The lowest BCUT2D eigenvalue weighted by atomic mass is 9.90. The monoisotopic (exact) mass is 238 g/mol. The summed E-state index contributed by atoms with van der Waals surface area (Å²) in [4.78, 5) is 2.38. The summed E-state index contributed by atoms with van der Waals surface area (Å²) < 4.78 is 0. The molecular weight excluding hydrogens is 220 g/mol. The maximum absolute atomic E-state index is 6.02. The zero-order valence-electron chi connectivity index (χ0n) is 9.96. The Morgan fingerprint density at radius 1 is 1.50 bits per heavy atom. The van der Waals surface area contributed by atoms with Crippen molar-refractivity contribution in [3.05, 3.63) is 34.9 Å². The fraction of sp³-hybridized carbons (Fsp3) is 0.538. The third kappa shape index (κ3) is 2.57. The van der Waals surface area contributed by atoms with Gasteiger partial charge in [-0.25, -0.2) is 0 Å². The predicted octanol–water partition coefficient (Wildman–Crippen LogP) is 2.18. The van der Waals surface area contributed by atoms with Crippen molar-refractivity contribution in [3.8, 4) is 0 Å². The summed E-state index contributed by atoms with van der Waals surface area (Å²) in [5.74, 6) is 0. The summed E-state index contributed by atoms with van der Waals surface area (Å²) in [6.07, 6.45) is 2.25. The second-order valence-corrected chi connectivity index (χ2v) is 5.26. The first-order valence-electron chi connectivity index (χ1n) is 5.75. The molecule has 0 radical (unpaired) electrons. The van der Waals surface area contributed by atoms with Gasteiger partial charge in [-0.05, 0) is 51.2 Å². The van der Waals surface area contributed by atoms with E-state index in [2.05, 4.69) is 36.4 Å². The van der Waals surface area contributed by atoms with Gasteiger partial charge >= 0.3 is 0 Å². The highest BCUT2D eigenvalue weighted by molar-refractivity contribution is 6.30. The number of likely N-dealkylation sites (tertiary alicyclic amines) is 1. The van der Waals surface area contributed by atoms with Gasteiger partial charge in [-0.1, -0.05) is 23.7 Å². The first-order valence-corrected chi connectivity index (χ1v) is 6.13. The van der Waals surface area contributed by atoms with Crippen LogP contribution in [0.1, 0.15) is 12.0 Å². The largest absolute Gasteiger partial charge is 0.313 e. The van der Waals surface area contributed by atoms with Gasteiger partial charge in [0.1, 0.15) is 0 Å². The van der Waals surface area contributed by atoms with Crippen molar-refractivity contribution in [1.82, 2.24) is 10.2 Å². The highest BCUT2D eigenvalue weighted by Gasteiger charge is 2.35. The van der Waals surface area contributed by atoms with Crippen LogP contribution in [0, 0.1) is 0 Å². The van der Waals surface area contributed by atoms with Gasteiger partial charge in [-0.15, -0.1) is 0 Å². The first kappa shape index (κ1) is 11.9. The molecule has 0 spiro atoms. The summed E-state index contributed by atoms with van der Waals surface area (Å²) in [6.45, 7) is 2.28. The Kier molecular flexibility index (Phi) is 3.53. The van der Waals surface area contributed by atoms with Crippen LogP contribution < -0.4 is 5.32 Å². The number of benzene rings is 1. The number of likely N-dealkylation sites (N-methyl/N-ethyl adjacent to an activating group) is 2. The number of hydrogen-bond donors (Lipinski definition) is 1. The van der Waals surface area contributed by atoms with E-state index in [9.17, 15) is 0 Å². The van der Waals surface area contributed by atoms with Crippen LogP contribution in [0.15, 0.2) is 24.3 Å². The molecule has 0 amide bonds. The molecule has 1 aromatic rings. The Bertz CT molecular complexity index is 367. The van der Waals surface area contributed by atoms with Gasteiger partial charge in [-0.3, -0.25) is 0 Å². The van der Waals surface area contributed by atoms with E-state index in [0.717, 1.165) is 18.0 Å². The van der Waals surface area contributed by atoms with Crippen molar-refractivity contribution >= 4 is 11.6 Å². The van der Waals surface area contributed by atoms with E-state index < -0.39 is 0 Å². The zero-order chi connectivity index (χ0) is 11.6. The van der Waals surface area contributed by atoms with Gasteiger partial charge < -0.3 is 10.2 Å². The van der Waals surface area contributed by atoms with Gasteiger partial charge in [-0.2, -0.15) is 0 Å². The SMILES string of the molecule is CNC1(Cc2cccc(Cl)c2)CCN(C)C1. The molecule has 1 saturated heterocycles. The predicted molar refractivity (Wildman–Crippen MR) is 69.1 cm³/mol. The quantitative estimate of drug-likeness (QED) is 0.869. The van der Waals surface area contributed by atoms with Gasteiger partial charge in [0.15, 0.2) is 0 Å². The van der Waals surface area contributed by atoms with Crippen molar-refractivity contribution in [2.75, 3.05) is 27.2 Å². The molecule has 1 unspecified atom stereocenters. The highest BCUT2D eigenvalue weighted by atomic mass is 35.5. The average Bonchev–Trinajstić information content (AvgIpc) is 2.61. The second-order valence-electron chi connectivity index (χ2n) is 4.82. The molecule has 2 nitrogen and oxygen atoms in total. The average molecular weight is 239 g/mol. The fourth-order valence-electron chi connectivity index (χ4n) is 2.55. The fourth-order valence-corrected chi connectivity index (χ4v) is 2.77. The Morgan fingerprint density at radius 3 is 2.88 bits per heavy atom. The standard InChI is InChI=1S/C13H19ClN2/c1-15-13(6-7-16(2)10-13)9-11-4-3-5-12(14)8-11/h3-5,8,15H,6-7,9-10H2,1-2H3. The van der Waals surface area contributed by atoms with E-state index in [1.165, 1.54) is 18.5 Å². The number of nitrogens with zero attached hydrogens (tertiary/aromatic N) is 1. The molecule has 0 aromatic heterocycles. The molecule has 0 aliphatic carbocycles. The Hall–Kier alpha value is -0.570. The normalized spacial score (nSPS) is 26.2. The Labute approximate surface area is 103 Å². The molecule has 88 valence electrons. The van der Waals surface area contributed by atoms with Crippen LogP contribution in [0.25, 0.3) is 0 Å². The summed E-state index contributed by atoms with van der Waals surface area (Å²) in [5, 5.41) is 4.32. The van der Waals surface area contributed by atoms with E-state index in [1.807, 2.05) is 12.1 Å². The minimum absolute atomic E-state index is 0.222. The first-order chi connectivity index (χ1) is 7.63. The van der Waals surface area contributed by atoms with E-state index in [0.29, 0.717) is 0 Å². The number of nitrogens with one attached hydrogen (secondary N) is 1. The third-order valence-corrected chi connectivity index (χ3v) is 3.74.